The van der Waals surface area contributed by atoms with E-state index in [1.807, 2.05) is 54.6 Å². The Balaban J connectivity index is 1.84. The molecule has 0 aliphatic carbocycles. The van der Waals surface area contributed by atoms with Crippen LogP contribution in [0, 0.1) is 0 Å². The van der Waals surface area contributed by atoms with Crippen molar-refractivity contribution in [1.29, 1.82) is 0 Å². The molecule has 6 heteroatoms. The Bertz CT molecular complexity index is 794. The first-order chi connectivity index (χ1) is 9.65. The number of hydrogen-bond acceptors (Lipinski definition) is 4. The third-order valence-electron chi connectivity index (χ3n) is 2.81. The van der Waals surface area contributed by atoms with Gasteiger partial charge in [-0.05, 0) is 17.7 Å². The molecule has 1 aromatic heterocycles. The molecule has 1 N–H and O–H groups in total. The van der Waals surface area contributed by atoms with Gasteiger partial charge < -0.3 is 0 Å². The van der Waals surface area contributed by atoms with Crippen LogP contribution in [0.1, 0.15) is 5.56 Å². The highest BCUT2D eigenvalue weighted by atomic mass is 32.2. The van der Waals surface area contributed by atoms with Crippen LogP contribution in [0.25, 0.3) is 10.2 Å². The number of nitrogens with one attached hydrogen (secondary N) is 1. The van der Waals surface area contributed by atoms with Crippen LogP contribution in [0.4, 0.5) is 0 Å². The first kappa shape index (κ1) is 13.2. The molecule has 0 radical (unpaired) electrons. The molecule has 3 rings (SSSR count). The van der Waals surface area contributed by atoms with Gasteiger partial charge in [0.05, 0.1) is 10.2 Å². The number of benzene rings is 2. The number of fused-ring (bicyclic) bond motifs is 1. The molecule has 0 fully saturated rings. The van der Waals surface area contributed by atoms with E-state index in [1.54, 1.807) is 0 Å². The van der Waals surface area contributed by atoms with E-state index in [9.17, 15) is 8.42 Å². The van der Waals surface area contributed by atoms with Gasteiger partial charge in [-0.1, -0.05) is 42.5 Å². The zero-order chi connectivity index (χ0) is 14.0. The molecule has 0 saturated carbocycles. The number of rotatable bonds is 4. The number of hydrogen-bond donors (Lipinski definition) is 1. The first-order valence-corrected chi connectivity index (χ1v) is 8.34. The van der Waals surface area contributed by atoms with E-state index >= 15 is 0 Å². The van der Waals surface area contributed by atoms with E-state index in [0.29, 0.717) is 5.52 Å². The molecular formula is C14H12N2O2S2. The van der Waals surface area contributed by atoms with Gasteiger partial charge in [-0.15, -0.1) is 11.3 Å². The summed E-state index contributed by atoms with van der Waals surface area (Å²) >= 11 is 1.18. The van der Waals surface area contributed by atoms with Crippen LogP contribution < -0.4 is 4.72 Å². The normalized spacial score (nSPS) is 11.8. The molecule has 0 spiro atoms. The zero-order valence-electron chi connectivity index (χ0n) is 10.5. The molecule has 0 aliphatic heterocycles. The maximum Gasteiger partial charge on any atom is 0.268 e. The van der Waals surface area contributed by atoms with Gasteiger partial charge in [0.25, 0.3) is 10.0 Å². The van der Waals surface area contributed by atoms with Crippen molar-refractivity contribution in [2.45, 2.75) is 10.9 Å². The van der Waals surface area contributed by atoms with E-state index in [0.717, 1.165) is 10.3 Å². The molecule has 0 saturated heterocycles. The highest BCUT2D eigenvalue weighted by molar-refractivity contribution is 7.91. The van der Waals surface area contributed by atoms with E-state index in [2.05, 4.69) is 9.71 Å². The molecule has 4 nitrogen and oxygen atoms in total. The zero-order valence-corrected chi connectivity index (χ0v) is 12.1. The highest BCUT2D eigenvalue weighted by Crippen LogP contribution is 2.24. The minimum Gasteiger partial charge on any atom is -0.224 e. The predicted octanol–water partition coefficient (Wildman–Crippen LogP) is 2.77. The summed E-state index contributed by atoms with van der Waals surface area (Å²) in [5, 5.41) is 0. The second kappa shape index (κ2) is 5.32. The molecular weight excluding hydrogens is 292 g/mol. The highest BCUT2D eigenvalue weighted by Gasteiger charge is 2.18. The molecule has 20 heavy (non-hydrogen) atoms. The minimum absolute atomic E-state index is 0.106. The van der Waals surface area contributed by atoms with E-state index in [4.69, 9.17) is 0 Å². The molecule has 0 aliphatic rings. The van der Waals surface area contributed by atoms with Gasteiger partial charge in [0.2, 0.25) is 4.34 Å². The maximum atomic E-state index is 12.2. The summed E-state index contributed by atoms with van der Waals surface area (Å²) in [6.07, 6.45) is 0. The van der Waals surface area contributed by atoms with Crippen LogP contribution in [0.15, 0.2) is 58.9 Å². The molecule has 0 unspecified atom stereocenters. The van der Waals surface area contributed by atoms with Crippen molar-refractivity contribution in [1.82, 2.24) is 9.71 Å². The Morgan fingerprint density at radius 2 is 1.70 bits per heavy atom. The molecule has 0 amide bonds. The fourth-order valence-electron chi connectivity index (χ4n) is 1.80. The first-order valence-electron chi connectivity index (χ1n) is 6.04. The van der Waals surface area contributed by atoms with Crippen LogP contribution in [0.5, 0.6) is 0 Å². The number of sulfonamides is 1. The SMILES string of the molecule is O=S(=O)(NCc1ccccc1)c1nc2ccccc2s1. The third kappa shape index (κ3) is 2.72. The van der Waals surface area contributed by atoms with Gasteiger partial charge in [0, 0.05) is 6.54 Å². The van der Waals surface area contributed by atoms with Crippen LogP contribution in [-0.2, 0) is 16.6 Å². The van der Waals surface area contributed by atoms with Crippen molar-refractivity contribution in [3.63, 3.8) is 0 Å². The fourth-order valence-corrected chi connectivity index (χ4v) is 4.08. The predicted molar refractivity (Wildman–Crippen MR) is 80.1 cm³/mol. The van der Waals surface area contributed by atoms with Gasteiger partial charge in [-0.3, -0.25) is 0 Å². The minimum atomic E-state index is -3.56. The van der Waals surface area contributed by atoms with Crippen molar-refractivity contribution >= 4 is 31.6 Å². The van der Waals surface area contributed by atoms with Gasteiger partial charge in [0.1, 0.15) is 0 Å². The summed E-state index contributed by atoms with van der Waals surface area (Å²) in [7, 11) is -3.56. The standard InChI is InChI=1S/C14H12N2O2S2/c17-20(18,15-10-11-6-2-1-3-7-11)14-16-12-8-4-5-9-13(12)19-14/h1-9,15H,10H2. The van der Waals surface area contributed by atoms with Crippen LogP contribution in [0.2, 0.25) is 0 Å². The number of aromatic nitrogens is 1. The molecule has 0 atom stereocenters. The lowest BCUT2D eigenvalue weighted by Gasteiger charge is -2.03. The van der Waals surface area contributed by atoms with E-state index in [-0.39, 0.29) is 10.9 Å². The van der Waals surface area contributed by atoms with Gasteiger partial charge in [-0.25, -0.2) is 18.1 Å². The van der Waals surface area contributed by atoms with Gasteiger partial charge >= 0.3 is 0 Å². The number of para-hydroxylation sites is 1. The quantitative estimate of drug-likeness (QED) is 0.806. The molecule has 3 aromatic rings. The lowest BCUT2D eigenvalue weighted by Crippen LogP contribution is -2.23. The lowest BCUT2D eigenvalue weighted by molar-refractivity contribution is 0.581. The summed E-state index contributed by atoms with van der Waals surface area (Å²) in [4.78, 5) is 4.16. The summed E-state index contributed by atoms with van der Waals surface area (Å²) in [5.74, 6) is 0. The largest absolute Gasteiger partial charge is 0.268 e. The van der Waals surface area contributed by atoms with Gasteiger partial charge in [0.15, 0.2) is 0 Å². The lowest BCUT2D eigenvalue weighted by atomic mass is 10.2. The van der Waals surface area contributed by atoms with E-state index < -0.39 is 10.0 Å². The van der Waals surface area contributed by atoms with Crippen molar-refractivity contribution in [2.75, 3.05) is 0 Å². The van der Waals surface area contributed by atoms with Crippen molar-refractivity contribution in [3.8, 4) is 0 Å². The molecule has 2 aromatic carbocycles. The second-order valence-electron chi connectivity index (χ2n) is 4.26. The van der Waals surface area contributed by atoms with E-state index in [1.165, 1.54) is 11.3 Å². The molecule has 102 valence electrons. The Morgan fingerprint density at radius 1 is 1.00 bits per heavy atom. The fraction of sp³-hybridized carbons (Fsp3) is 0.0714. The Labute approximate surface area is 121 Å². The Morgan fingerprint density at radius 3 is 2.45 bits per heavy atom. The second-order valence-corrected chi connectivity index (χ2v) is 7.23. The number of thiazole rings is 1. The van der Waals surface area contributed by atoms with Crippen LogP contribution >= 0.6 is 11.3 Å². The summed E-state index contributed by atoms with van der Waals surface area (Å²) in [5.41, 5.74) is 1.62. The smallest absolute Gasteiger partial charge is 0.224 e. The van der Waals surface area contributed by atoms with Crippen LogP contribution in [0.3, 0.4) is 0 Å². The summed E-state index contributed by atoms with van der Waals surface area (Å²) < 4.78 is 28.0. The molecule has 0 bridgehead atoms. The van der Waals surface area contributed by atoms with Crippen molar-refractivity contribution in [2.24, 2.45) is 0 Å². The Kier molecular flexibility index (Phi) is 3.52. The topological polar surface area (TPSA) is 59.1 Å². The third-order valence-corrected chi connectivity index (χ3v) is 5.63. The average Bonchev–Trinajstić information content (AvgIpc) is 2.91. The Hall–Kier alpha value is -1.76. The van der Waals surface area contributed by atoms with Crippen molar-refractivity contribution < 1.29 is 8.42 Å². The number of nitrogens with zero attached hydrogens (tertiary/aromatic N) is 1. The van der Waals surface area contributed by atoms with Crippen molar-refractivity contribution in [3.05, 3.63) is 60.2 Å². The maximum absolute atomic E-state index is 12.2. The monoisotopic (exact) mass is 304 g/mol. The van der Waals surface area contributed by atoms with Gasteiger partial charge in [-0.2, -0.15) is 0 Å². The summed E-state index contributed by atoms with van der Waals surface area (Å²) in [6.45, 7) is 0.263. The molecule has 1 heterocycles. The average molecular weight is 304 g/mol. The summed E-state index contributed by atoms with van der Waals surface area (Å²) in [6, 6.07) is 16.8. The van der Waals surface area contributed by atoms with Crippen LogP contribution in [-0.4, -0.2) is 13.4 Å².